The number of hydrogen-bond donors (Lipinski definition) is 1. The van der Waals surface area contributed by atoms with Crippen LogP contribution in [0.15, 0.2) is 60.9 Å². The first kappa shape index (κ1) is 17.3. The summed E-state index contributed by atoms with van der Waals surface area (Å²) in [5.41, 5.74) is 2.22. The molecule has 132 valence electrons. The van der Waals surface area contributed by atoms with Gasteiger partial charge < -0.3 is 10.1 Å². The summed E-state index contributed by atoms with van der Waals surface area (Å²) < 4.78 is 6.64. The molecule has 3 rings (SSSR count). The number of esters is 1. The highest BCUT2D eigenvalue weighted by Crippen LogP contribution is 2.14. The molecule has 8 nitrogen and oxygen atoms in total. The van der Waals surface area contributed by atoms with Gasteiger partial charge in [0.05, 0.1) is 12.1 Å². The minimum Gasteiger partial charge on any atom is -0.461 e. The highest BCUT2D eigenvalue weighted by atomic mass is 16.5. The molecule has 0 saturated heterocycles. The first-order valence-corrected chi connectivity index (χ1v) is 8.03. The Hall–Kier alpha value is -3.55. The van der Waals surface area contributed by atoms with Crippen LogP contribution >= 0.6 is 0 Å². The van der Waals surface area contributed by atoms with Crippen LogP contribution in [0.1, 0.15) is 18.4 Å². The molecular formula is C18H17N5O3. The number of aromatic nitrogens is 4. The minimum atomic E-state index is -0.411. The van der Waals surface area contributed by atoms with Crippen molar-refractivity contribution in [2.24, 2.45) is 0 Å². The summed E-state index contributed by atoms with van der Waals surface area (Å²) in [6.45, 7) is 0.204. The Labute approximate surface area is 149 Å². The average molecular weight is 351 g/mol. The Morgan fingerprint density at radius 1 is 1.04 bits per heavy atom. The van der Waals surface area contributed by atoms with Crippen molar-refractivity contribution in [1.82, 2.24) is 20.2 Å². The van der Waals surface area contributed by atoms with Crippen LogP contribution in [0.3, 0.4) is 0 Å². The van der Waals surface area contributed by atoms with Gasteiger partial charge in [-0.1, -0.05) is 36.4 Å². The van der Waals surface area contributed by atoms with Crippen LogP contribution in [0.5, 0.6) is 0 Å². The summed E-state index contributed by atoms with van der Waals surface area (Å²) in [6, 6.07) is 16.5. The van der Waals surface area contributed by atoms with Crippen LogP contribution in [0, 0.1) is 0 Å². The van der Waals surface area contributed by atoms with Gasteiger partial charge in [-0.25, -0.2) is 4.68 Å². The number of nitrogens with zero attached hydrogens (tertiary/aromatic N) is 4. The first-order chi connectivity index (χ1) is 12.7. The third kappa shape index (κ3) is 4.97. The molecule has 0 saturated carbocycles. The molecule has 8 heteroatoms. The van der Waals surface area contributed by atoms with Gasteiger partial charge >= 0.3 is 5.97 Å². The number of hydrogen-bond acceptors (Lipinski definition) is 6. The lowest BCUT2D eigenvalue weighted by molar-refractivity contribution is -0.145. The zero-order valence-corrected chi connectivity index (χ0v) is 13.9. The van der Waals surface area contributed by atoms with Gasteiger partial charge in [-0.15, -0.1) is 5.10 Å². The minimum absolute atomic E-state index is 0.0192. The standard InChI is InChI=1S/C18H17N5O3/c24-17(9-10-18(25)26-12-14-5-2-1-3-6-14)20-15-7-4-8-16(11-15)23-13-19-21-22-23/h1-8,11,13H,9-10,12H2,(H,20,24). The van der Waals surface area contributed by atoms with E-state index in [1.807, 2.05) is 36.4 Å². The third-order valence-electron chi connectivity index (χ3n) is 3.54. The molecule has 0 radical (unpaired) electrons. The van der Waals surface area contributed by atoms with E-state index in [9.17, 15) is 9.59 Å². The molecular weight excluding hydrogens is 334 g/mol. The summed E-state index contributed by atoms with van der Waals surface area (Å²) >= 11 is 0. The monoisotopic (exact) mass is 351 g/mol. The maximum atomic E-state index is 12.0. The van der Waals surface area contributed by atoms with Crippen molar-refractivity contribution in [3.05, 3.63) is 66.5 Å². The smallest absolute Gasteiger partial charge is 0.306 e. The van der Waals surface area contributed by atoms with Crippen molar-refractivity contribution in [3.8, 4) is 5.69 Å². The molecule has 0 aliphatic carbocycles. The van der Waals surface area contributed by atoms with Crippen LogP contribution in [0.2, 0.25) is 0 Å². The maximum Gasteiger partial charge on any atom is 0.306 e. The Bertz CT molecular complexity index is 866. The molecule has 0 atom stereocenters. The fraction of sp³-hybridized carbons (Fsp3) is 0.167. The molecule has 1 amide bonds. The number of anilines is 1. The van der Waals surface area contributed by atoms with Crippen molar-refractivity contribution in [1.29, 1.82) is 0 Å². The lowest BCUT2D eigenvalue weighted by Gasteiger charge is -2.07. The SMILES string of the molecule is O=C(CCC(=O)OCc1ccccc1)Nc1cccc(-n2cnnn2)c1. The number of tetrazole rings is 1. The summed E-state index contributed by atoms with van der Waals surface area (Å²) in [5.74, 6) is -0.679. The van der Waals surface area contributed by atoms with Gasteiger partial charge in [-0.2, -0.15) is 0 Å². The molecule has 1 N–H and O–H groups in total. The lowest BCUT2D eigenvalue weighted by Crippen LogP contribution is -2.14. The third-order valence-corrected chi connectivity index (χ3v) is 3.54. The zero-order valence-electron chi connectivity index (χ0n) is 13.9. The van der Waals surface area contributed by atoms with E-state index < -0.39 is 5.97 Å². The Balaban J connectivity index is 1.45. The number of nitrogens with one attached hydrogen (secondary N) is 1. The molecule has 0 spiro atoms. The average Bonchev–Trinajstić information content (AvgIpc) is 3.21. The van der Waals surface area contributed by atoms with E-state index in [4.69, 9.17) is 4.74 Å². The predicted octanol–water partition coefficient (Wildman–Crippen LogP) is 2.12. The quantitative estimate of drug-likeness (QED) is 0.655. The Kier molecular flexibility index (Phi) is 5.66. The molecule has 1 heterocycles. The van der Waals surface area contributed by atoms with E-state index in [1.165, 1.54) is 11.0 Å². The topological polar surface area (TPSA) is 99.0 Å². The number of amides is 1. The van der Waals surface area contributed by atoms with Gasteiger partial charge in [0.15, 0.2) is 0 Å². The molecule has 0 aliphatic heterocycles. The van der Waals surface area contributed by atoms with Crippen LogP contribution in [0.25, 0.3) is 5.69 Å². The Morgan fingerprint density at radius 3 is 2.65 bits per heavy atom. The van der Waals surface area contributed by atoms with E-state index in [0.717, 1.165) is 11.3 Å². The molecule has 3 aromatic rings. The van der Waals surface area contributed by atoms with Gasteiger partial charge in [0.2, 0.25) is 5.91 Å². The van der Waals surface area contributed by atoms with Gasteiger partial charge in [-0.05, 0) is 34.2 Å². The highest BCUT2D eigenvalue weighted by molar-refractivity contribution is 5.92. The fourth-order valence-corrected chi connectivity index (χ4v) is 2.26. The zero-order chi connectivity index (χ0) is 18.2. The second kappa shape index (κ2) is 8.52. The number of rotatable bonds is 7. The summed E-state index contributed by atoms with van der Waals surface area (Å²) in [4.78, 5) is 23.8. The van der Waals surface area contributed by atoms with Crippen LogP contribution in [-0.4, -0.2) is 32.1 Å². The van der Waals surface area contributed by atoms with E-state index >= 15 is 0 Å². The summed E-state index contributed by atoms with van der Waals surface area (Å²) in [6.07, 6.45) is 1.53. The van der Waals surface area contributed by atoms with Crippen molar-refractivity contribution in [3.63, 3.8) is 0 Å². The van der Waals surface area contributed by atoms with Crippen LogP contribution < -0.4 is 5.32 Å². The maximum absolute atomic E-state index is 12.0. The molecule has 2 aromatic carbocycles. The second-order valence-corrected chi connectivity index (χ2v) is 5.50. The van der Waals surface area contributed by atoms with E-state index in [1.54, 1.807) is 18.2 Å². The van der Waals surface area contributed by atoms with E-state index in [0.29, 0.717) is 5.69 Å². The van der Waals surface area contributed by atoms with Crippen LogP contribution in [0.4, 0.5) is 5.69 Å². The van der Waals surface area contributed by atoms with E-state index in [2.05, 4.69) is 20.8 Å². The van der Waals surface area contributed by atoms with Gasteiger partial charge in [0.1, 0.15) is 12.9 Å². The summed E-state index contributed by atoms with van der Waals surface area (Å²) in [5, 5.41) is 13.7. The normalized spacial score (nSPS) is 10.3. The van der Waals surface area contributed by atoms with Crippen molar-refractivity contribution in [2.45, 2.75) is 19.4 Å². The molecule has 0 aliphatic rings. The number of ether oxygens (including phenoxy) is 1. The van der Waals surface area contributed by atoms with Gasteiger partial charge in [0, 0.05) is 12.1 Å². The fourth-order valence-electron chi connectivity index (χ4n) is 2.26. The molecule has 0 unspecified atom stereocenters. The second-order valence-electron chi connectivity index (χ2n) is 5.50. The number of carbonyl (C=O) groups excluding carboxylic acids is 2. The number of benzene rings is 2. The van der Waals surface area contributed by atoms with Crippen molar-refractivity contribution < 1.29 is 14.3 Å². The van der Waals surface area contributed by atoms with Gasteiger partial charge in [-0.3, -0.25) is 9.59 Å². The first-order valence-electron chi connectivity index (χ1n) is 8.03. The highest BCUT2D eigenvalue weighted by Gasteiger charge is 2.09. The predicted molar refractivity (Wildman–Crippen MR) is 93.3 cm³/mol. The van der Waals surface area contributed by atoms with Crippen molar-refractivity contribution in [2.75, 3.05) is 5.32 Å². The molecule has 1 aromatic heterocycles. The van der Waals surface area contributed by atoms with Gasteiger partial charge in [0.25, 0.3) is 0 Å². The van der Waals surface area contributed by atoms with Crippen molar-refractivity contribution >= 4 is 17.6 Å². The van der Waals surface area contributed by atoms with Crippen LogP contribution in [-0.2, 0) is 20.9 Å². The summed E-state index contributed by atoms with van der Waals surface area (Å²) in [7, 11) is 0. The Morgan fingerprint density at radius 2 is 1.88 bits per heavy atom. The molecule has 26 heavy (non-hydrogen) atoms. The number of carbonyl (C=O) groups is 2. The van der Waals surface area contributed by atoms with E-state index in [-0.39, 0.29) is 25.4 Å². The molecule has 0 bridgehead atoms. The lowest BCUT2D eigenvalue weighted by atomic mass is 10.2. The molecule has 0 fully saturated rings. The largest absolute Gasteiger partial charge is 0.461 e.